The van der Waals surface area contributed by atoms with Crippen LogP contribution in [0.5, 0.6) is 5.88 Å². The Labute approximate surface area is 184 Å². The first-order chi connectivity index (χ1) is 14.8. The van der Waals surface area contributed by atoms with Crippen LogP contribution in [0.3, 0.4) is 0 Å². The van der Waals surface area contributed by atoms with Crippen LogP contribution in [0.1, 0.15) is 26.5 Å². The predicted octanol–water partition coefficient (Wildman–Crippen LogP) is 6.33. The van der Waals surface area contributed by atoms with Crippen molar-refractivity contribution in [3.05, 3.63) is 71.6 Å². The van der Waals surface area contributed by atoms with Gasteiger partial charge in [-0.1, -0.05) is 61.8 Å². The van der Waals surface area contributed by atoms with E-state index in [0.29, 0.717) is 10.5 Å². The normalized spacial score (nSPS) is 12.0. The van der Waals surface area contributed by atoms with Crippen LogP contribution in [0.15, 0.2) is 65.4 Å². The summed E-state index contributed by atoms with van der Waals surface area (Å²) >= 11 is 6.32. The molecule has 156 valence electrons. The largest absolute Gasteiger partial charge is 0.493 e. The number of hydrogen-bond acceptors (Lipinski definition) is 4. The third-order valence-electron chi connectivity index (χ3n) is 5.33. The maximum Gasteiger partial charge on any atom is 0.222 e. The molecule has 0 aliphatic rings. The highest BCUT2D eigenvalue weighted by Crippen LogP contribution is 2.44. The number of H-pyrrole nitrogens is 1. The van der Waals surface area contributed by atoms with Crippen LogP contribution in [0, 0.1) is 0 Å². The molecule has 3 aromatic heterocycles. The Bertz CT molecular complexity index is 1370. The van der Waals surface area contributed by atoms with Gasteiger partial charge < -0.3 is 9.63 Å². The number of nitrogens with one attached hydrogen (secondary N) is 1. The zero-order valence-electron chi connectivity index (χ0n) is 17.3. The standard InChI is InChI=1S/C24H21ClN4O2/c1-24(2,3)22-19-20(26-27-22)23(30)29(21(19)15-5-4-6-16(25)13-15)17-9-7-14(8-10-17)18-11-12-31-28-18/h4-13,26,30H,1-3H3. The van der Waals surface area contributed by atoms with Crippen LogP contribution in [0.4, 0.5) is 0 Å². The molecule has 5 rings (SSSR count). The van der Waals surface area contributed by atoms with Crippen molar-refractivity contribution in [2.24, 2.45) is 0 Å². The summed E-state index contributed by atoms with van der Waals surface area (Å²) in [6, 6.07) is 17.2. The third-order valence-corrected chi connectivity index (χ3v) is 5.56. The van der Waals surface area contributed by atoms with Crippen molar-refractivity contribution in [2.75, 3.05) is 0 Å². The van der Waals surface area contributed by atoms with Crippen molar-refractivity contribution in [1.82, 2.24) is 19.9 Å². The molecular weight excluding hydrogens is 412 g/mol. The zero-order chi connectivity index (χ0) is 21.8. The fraction of sp³-hybridized carbons (Fsp3) is 0.167. The van der Waals surface area contributed by atoms with Crippen molar-refractivity contribution in [1.29, 1.82) is 0 Å². The average Bonchev–Trinajstić information content (AvgIpc) is 3.45. The molecule has 0 unspecified atom stereocenters. The summed E-state index contributed by atoms with van der Waals surface area (Å²) < 4.78 is 6.78. The van der Waals surface area contributed by atoms with E-state index in [9.17, 15) is 5.11 Å². The lowest BCUT2D eigenvalue weighted by Crippen LogP contribution is -2.12. The van der Waals surface area contributed by atoms with Gasteiger partial charge in [-0.15, -0.1) is 0 Å². The number of aromatic nitrogens is 4. The minimum Gasteiger partial charge on any atom is -0.493 e. The monoisotopic (exact) mass is 432 g/mol. The fourth-order valence-electron chi connectivity index (χ4n) is 3.91. The molecular formula is C24H21ClN4O2. The van der Waals surface area contributed by atoms with E-state index in [4.69, 9.17) is 16.1 Å². The maximum absolute atomic E-state index is 11.2. The lowest BCUT2D eigenvalue weighted by atomic mass is 9.89. The molecule has 0 aliphatic carbocycles. The quantitative estimate of drug-likeness (QED) is 0.349. The average molecular weight is 433 g/mol. The van der Waals surface area contributed by atoms with Gasteiger partial charge in [-0.05, 0) is 24.3 Å². The van der Waals surface area contributed by atoms with Crippen LogP contribution in [0.25, 0.3) is 39.1 Å². The van der Waals surface area contributed by atoms with Gasteiger partial charge in [-0.25, -0.2) is 0 Å². The molecule has 0 saturated heterocycles. The molecule has 2 N–H and O–H groups in total. The lowest BCUT2D eigenvalue weighted by molar-refractivity contribution is 0.422. The molecule has 5 aromatic rings. The predicted molar refractivity (Wildman–Crippen MR) is 122 cm³/mol. The topological polar surface area (TPSA) is 79.9 Å². The van der Waals surface area contributed by atoms with Gasteiger partial charge in [-0.3, -0.25) is 9.67 Å². The van der Waals surface area contributed by atoms with E-state index in [1.165, 1.54) is 0 Å². The number of hydrogen-bond donors (Lipinski definition) is 2. The van der Waals surface area contributed by atoms with E-state index in [1.807, 2.05) is 59.2 Å². The SMILES string of the molecule is CC(C)(C)c1n[nH]c2c(O)n(-c3ccc(-c4ccon4)cc3)c(-c3cccc(Cl)c3)c12. The summed E-state index contributed by atoms with van der Waals surface area (Å²) in [5.74, 6) is 0.0992. The fourth-order valence-corrected chi connectivity index (χ4v) is 4.10. The molecule has 3 heterocycles. The molecule has 0 bridgehead atoms. The first-order valence-electron chi connectivity index (χ1n) is 9.94. The molecule has 31 heavy (non-hydrogen) atoms. The number of aromatic hydroxyl groups is 1. The van der Waals surface area contributed by atoms with E-state index in [0.717, 1.165) is 39.3 Å². The zero-order valence-corrected chi connectivity index (χ0v) is 18.1. The van der Waals surface area contributed by atoms with Gasteiger partial charge in [0.05, 0.1) is 16.8 Å². The van der Waals surface area contributed by atoms with Gasteiger partial charge in [0.25, 0.3) is 0 Å². The number of benzene rings is 2. The Morgan fingerprint density at radius 1 is 1.03 bits per heavy atom. The number of aromatic amines is 1. The van der Waals surface area contributed by atoms with Crippen LogP contribution in [-0.4, -0.2) is 25.0 Å². The molecule has 0 saturated carbocycles. The van der Waals surface area contributed by atoms with E-state index in [1.54, 1.807) is 6.26 Å². The molecule has 0 radical (unpaired) electrons. The second kappa shape index (κ2) is 7.03. The highest BCUT2D eigenvalue weighted by Gasteiger charge is 2.29. The smallest absolute Gasteiger partial charge is 0.222 e. The molecule has 6 nitrogen and oxygen atoms in total. The first-order valence-corrected chi connectivity index (χ1v) is 10.3. The molecule has 0 aliphatic heterocycles. The third kappa shape index (κ3) is 3.20. The lowest BCUT2D eigenvalue weighted by Gasteiger charge is -2.17. The van der Waals surface area contributed by atoms with E-state index in [2.05, 4.69) is 36.1 Å². The molecule has 2 aromatic carbocycles. The summed E-state index contributed by atoms with van der Waals surface area (Å²) in [6.07, 6.45) is 1.54. The highest BCUT2D eigenvalue weighted by molar-refractivity contribution is 6.31. The van der Waals surface area contributed by atoms with E-state index >= 15 is 0 Å². The van der Waals surface area contributed by atoms with Crippen LogP contribution in [-0.2, 0) is 5.41 Å². The Morgan fingerprint density at radius 3 is 2.45 bits per heavy atom. The molecule has 0 amide bonds. The number of fused-ring (bicyclic) bond motifs is 1. The van der Waals surface area contributed by atoms with Gasteiger partial charge in [-0.2, -0.15) is 5.10 Å². The minimum absolute atomic E-state index is 0.0992. The first kappa shape index (κ1) is 19.5. The number of halogens is 1. The van der Waals surface area contributed by atoms with Crippen molar-refractivity contribution < 1.29 is 9.63 Å². The van der Waals surface area contributed by atoms with Gasteiger partial charge in [0.2, 0.25) is 5.88 Å². The van der Waals surface area contributed by atoms with E-state index in [-0.39, 0.29) is 11.3 Å². The van der Waals surface area contributed by atoms with Crippen LogP contribution < -0.4 is 0 Å². The Balaban J connectivity index is 1.79. The van der Waals surface area contributed by atoms with Gasteiger partial charge >= 0.3 is 0 Å². The van der Waals surface area contributed by atoms with Crippen LogP contribution >= 0.6 is 11.6 Å². The van der Waals surface area contributed by atoms with E-state index < -0.39 is 0 Å². The summed E-state index contributed by atoms with van der Waals surface area (Å²) in [6.45, 7) is 6.31. The Hall–Kier alpha value is -3.51. The molecule has 0 atom stereocenters. The van der Waals surface area contributed by atoms with Crippen molar-refractivity contribution in [2.45, 2.75) is 26.2 Å². The summed E-state index contributed by atoms with van der Waals surface area (Å²) in [4.78, 5) is 0. The number of nitrogens with zero attached hydrogens (tertiary/aromatic N) is 3. The van der Waals surface area contributed by atoms with Gasteiger partial charge in [0.15, 0.2) is 0 Å². The second-order valence-electron chi connectivity index (χ2n) is 8.52. The van der Waals surface area contributed by atoms with Crippen LogP contribution in [0.2, 0.25) is 5.02 Å². The maximum atomic E-state index is 11.2. The molecule has 0 spiro atoms. The number of rotatable bonds is 3. The highest BCUT2D eigenvalue weighted by atomic mass is 35.5. The Kier molecular flexibility index (Phi) is 4.41. The minimum atomic E-state index is -0.221. The summed E-state index contributed by atoms with van der Waals surface area (Å²) in [7, 11) is 0. The summed E-state index contributed by atoms with van der Waals surface area (Å²) in [5.41, 5.74) is 5.48. The molecule has 0 fully saturated rings. The molecule has 7 heteroatoms. The van der Waals surface area contributed by atoms with Crippen molar-refractivity contribution in [3.8, 4) is 34.1 Å². The van der Waals surface area contributed by atoms with Crippen molar-refractivity contribution >= 4 is 22.5 Å². The van der Waals surface area contributed by atoms with Gasteiger partial charge in [0.1, 0.15) is 17.5 Å². The summed E-state index contributed by atoms with van der Waals surface area (Å²) in [5, 5.41) is 24.3. The van der Waals surface area contributed by atoms with Gasteiger partial charge in [0, 0.05) is 33.3 Å². The second-order valence-corrected chi connectivity index (χ2v) is 8.96. The Morgan fingerprint density at radius 2 is 1.81 bits per heavy atom. The van der Waals surface area contributed by atoms with Crippen molar-refractivity contribution in [3.63, 3.8) is 0 Å².